The highest BCUT2D eigenvalue weighted by molar-refractivity contribution is 5.95. The molecule has 0 radical (unpaired) electrons. The fourth-order valence-electron chi connectivity index (χ4n) is 0.817. The number of rotatable bonds is 1. The quantitative estimate of drug-likeness (QED) is 0.460. The third kappa shape index (κ3) is 1.48. The Balaban J connectivity index is 3.25. The summed E-state index contributed by atoms with van der Waals surface area (Å²) in [5.41, 5.74) is 0.255. The third-order valence-corrected chi connectivity index (χ3v) is 1.47. The Bertz CT molecular complexity index is 365. The summed E-state index contributed by atoms with van der Waals surface area (Å²) in [4.78, 5) is 13.7. The van der Waals surface area contributed by atoms with Gasteiger partial charge in [0.2, 0.25) is 5.69 Å². The molecule has 0 spiro atoms. The molecule has 2 nitrogen and oxygen atoms in total. The molecule has 0 saturated heterocycles. The van der Waals surface area contributed by atoms with E-state index in [1.807, 2.05) is 0 Å². The van der Waals surface area contributed by atoms with Crippen molar-refractivity contribution in [3.63, 3.8) is 0 Å². The van der Waals surface area contributed by atoms with E-state index in [1.165, 1.54) is 19.1 Å². The standard InChI is InChI=1S/C9H6FNO/c1-6(12)7-3-4-8(10)9(5-7)11-2/h3-5H,1H3/i10+0. The zero-order valence-corrected chi connectivity index (χ0v) is 6.47. The molecule has 1 aromatic carbocycles. The predicted octanol–water partition coefficient (Wildman–Crippen LogP) is 2.58. The third-order valence-electron chi connectivity index (χ3n) is 1.47. The second kappa shape index (κ2) is 3.14. The molecule has 0 atom stereocenters. The van der Waals surface area contributed by atoms with Crippen molar-refractivity contribution >= 4 is 11.5 Å². The summed E-state index contributed by atoms with van der Waals surface area (Å²) >= 11 is 0. The summed E-state index contributed by atoms with van der Waals surface area (Å²) in [7, 11) is 0. The molecule has 12 heavy (non-hydrogen) atoms. The minimum Gasteiger partial charge on any atom is -0.295 e. The topological polar surface area (TPSA) is 21.4 Å². The van der Waals surface area contributed by atoms with Gasteiger partial charge >= 0.3 is 0 Å². The molecule has 0 heterocycles. The Hall–Kier alpha value is -1.69. The first-order valence-corrected chi connectivity index (χ1v) is 3.33. The summed E-state index contributed by atoms with van der Waals surface area (Å²) in [6.07, 6.45) is 0. The maximum Gasteiger partial charge on any atom is 0.222 e. The number of hydrogen-bond donors (Lipinski definition) is 0. The van der Waals surface area contributed by atoms with Gasteiger partial charge in [-0.2, -0.15) is 0 Å². The van der Waals surface area contributed by atoms with E-state index in [0.717, 1.165) is 6.07 Å². The van der Waals surface area contributed by atoms with Crippen molar-refractivity contribution in [2.45, 2.75) is 6.92 Å². The van der Waals surface area contributed by atoms with Gasteiger partial charge in [-0.25, -0.2) is 9.24 Å². The maximum atomic E-state index is 12.7. The van der Waals surface area contributed by atoms with Gasteiger partial charge in [-0.05, 0) is 19.1 Å². The minimum atomic E-state index is -0.588. The van der Waals surface area contributed by atoms with Gasteiger partial charge in [0.15, 0.2) is 5.78 Å². The molecule has 1 aromatic rings. The molecule has 0 aliphatic rings. The first-order valence-electron chi connectivity index (χ1n) is 3.33. The molecule has 1 rings (SSSR count). The second-order valence-electron chi connectivity index (χ2n) is 2.33. The van der Waals surface area contributed by atoms with Crippen molar-refractivity contribution in [2.75, 3.05) is 0 Å². The Kier molecular flexibility index (Phi) is 2.20. The van der Waals surface area contributed by atoms with Crippen LogP contribution in [-0.4, -0.2) is 5.78 Å². The number of carbonyl (C=O) groups excluding carboxylic acids is 1. The monoisotopic (exact) mass is 163 g/mol. The molecular formula is C9H6FNO. The average molecular weight is 163 g/mol. The van der Waals surface area contributed by atoms with Crippen LogP contribution in [0.3, 0.4) is 0 Å². The second-order valence-corrected chi connectivity index (χ2v) is 2.33. The van der Waals surface area contributed by atoms with Gasteiger partial charge in [0, 0.05) is 5.56 Å². The van der Waals surface area contributed by atoms with Crippen LogP contribution < -0.4 is 0 Å². The van der Waals surface area contributed by atoms with Gasteiger partial charge in [-0.3, -0.25) is 4.79 Å². The highest BCUT2D eigenvalue weighted by Crippen LogP contribution is 2.19. The fourth-order valence-corrected chi connectivity index (χ4v) is 0.817. The van der Waals surface area contributed by atoms with Crippen LogP contribution in [0, 0.1) is 12.4 Å². The number of hydrogen-bond acceptors (Lipinski definition) is 1. The average Bonchev–Trinajstić information content (AvgIpc) is 2.05. The molecule has 0 aromatic heterocycles. The number of carbonyl (C=O) groups is 1. The van der Waals surface area contributed by atoms with Crippen LogP contribution in [0.4, 0.5) is 10.1 Å². The number of ketones is 1. The molecule has 0 N–H and O–H groups in total. The molecule has 3 heteroatoms. The summed E-state index contributed by atoms with van der Waals surface area (Å²) < 4.78 is 12.7. The summed E-state index contributed by atoms with van der Waals surface area (Å²) in [6.45, 7) is 7.97. The highest BCUT2D eigenvalue weighted by atomic mass is 19.1. The van der Waals surface area contributed by atoms with Crippen LogP contribution >= 0.6 is 0 Å². The van der Waals surface area contributed by atoms with E-state index in [1.54, 1.807) is 0 Å². The van der Waals surface area contributed by atoms with Gasteiger partial charge in [0.1, 0.15) is 5.82 Å². The Morgan fingerprint density at radius 3 is 2.75 bits per heavy atom. The summed E-state index contributed by atoms with van der Waals surface area (Å²) in [5, 5.41) is 0. The fraction of sp³-hybridized carbons (Fsp3) is 0.111. The lowest BCUT2D eigenvalue weighted by atomic mass is 10.1. The van der Waals surface area contributed by atoms with Crippen molar-refractivity contribution in [3.8, 4) is 0 Å². The molecule has 0 aliphatic heterocycles. The summed E-state index contributed by atoms with van der Waals surface area (Å²) in [6, 6.07) is 3.75. The van der Waals surface area contributed by atoms with Crippen molar-refractivity contribution < 1.29 is 9.18 Å². The highest BCUT2D eigenvalue weighted by Gasteiger charge is 2.04. The lowest BCUT2D eigenvalue weighted by Crippen LogP contribution is -1.91. The van der Waals surface area contributed by atoms with Crippen molar-refractivity contribution in [3.05, 3.63) is 41.0 Å². The van der Waals surface area contributed by atoms with Crippen LogP contribution in [0.25, 0.3) is 4.85 Å². The van der Waals surface area contributed by atoms with Gasteiger partial charge in [0.05, 0.1) is 6.57 Å². The van der Waals surface area contributed by atoms with Gasteiger partial charge < -0.3 is 0 Å². The predicted molar refractivity (Wildman–Crippen MR) is 42.7 cm³/mol. The van der Waals surface area contributed by atoms with Crippen molar-refractivity contribution in [1.29, 1.82) is 0 Å². The Morgan fingerprint density at radius 1 is 1.58 bits per heavy atom. The molecule has 60 valence electrons. The van der Waals surface area contributed by atoms with Crippen molar-refractivity contribution in [2.24, 2.45) is 0 Å². The van der Waals surface area contributed by atoms with E-state index in [9.17, 15) is 9.18 Å². The molecule has 0 amide bonds. The van der Waals surface area contributed by atoms with Crippen LogP contribution in [0.1, 0.15) is 17.3 Å². The number of nitrogens with zero attached hydrogens (tertiary/aromatic N) is 1. The molecule has 0 fully saturated rings. The Labute approximate surface area is 69.5 Å². The first-order chi connectivity index (χ1) is 5.65. The van der Waals surface area contributed by atoms with E-state index in [4.69, 9.17) is 6.57 Å². The van der Waals surface area contributed by atoms with Crippen LogP contribution in [0.15, 0.2) is 18.2 Å². The van der Waals surface area contributed by atoms with Crippen LogP contribution in [0.5, 0.6) is 0 Å². The van der Waals surface area contributed by atoms with Crippen LogP contribution in [0.2, 0.25) is 0 Å². The first kappa shape index (κ1) is 8.41. The molecular weight excluding hydrogens is 157 g/mol. The smallest absolute Gasteiger partial charge is 0.222 e. The molecule has 0 bridgehead atoms. The van der Waals surface area contributed by atoms with E-state index in [2.05, 4.69) is 4.85 Å². The molecule has 0 unspecified atom stereocenters. The SMILES string of the molecule is [C-]#[N+]c1cc(C(C)=O)ccc1[19F]. The summed E-state index contributed by atoms with van der Waals surface area (Å²) in [5.74, 6) is -0.755. The van der Waals surface area contributed by atoms with E-state index in [0.29, 0.717) is 5.56 Å². The van der Waals surface area contributed by atoms with Crippen molar-refractivity contribution in [1.82, 2.24) is 0 Å². The molecule has 0 aliphatic carbocycles. The number of benzene rings is 1. The van der Waals surface area contributed by atoms with E-state index >= 15 is 0 Å². The largest absolute Gasteiger partial charge is 0.295 e. The number of Topliss-reactive ketones (excluding diaryl/α,β-unsaturated/α-hetero) is 1. The Morgan fingerprint density at radius 2 is 2.25 bits per heavy atom. The zero-order chi connectivity index (χ0) is 9.14. The lowest BCUT2D eigenvalue weighted by Gasteiger charge is -1.96. The normalized spacial score (nSPS) is 9.08. The van der Waals surface area contributed by atoms with Crippen LogP contribution in [-0.2, 0) is 0 Å². The van der Waals surface area contributed by atoms with Gasteiger partial charge in [0.25, 0.3) is 0 Å². The maximum absolute atomic E-state index is 12.7. The molecule has 0 saturated carbocycles. The van der Waals surface area contributed by atoms with E-state index in [-0.39, 0.29) is 11.5 Å². The number of halogens is 1. The lowest BCUT2D eigenvalue weighted by molar-refractivity contribution is 0.101. The van der Waals surface area contributed by atoms with Gasteiger partial charge in [-0.1, -0.05) is 6.07 Å². The minimum absolute atomic E-state index is 0.109. The zero-order valence-electron chi connectivity index (χ0n) is 6.47. The van der Waals surface area contributed by atoms with Gasteiger partial charge in [-0.15, -0.1) is 0 Å². The van der Waals surface area contributed by atoms with E-state index < -0.39 is 5.82 Å².